The number of anilines is 2. The van der Waals surface area contributed by atoms with Gasteiger partial charge in [0, 0.05) is 16.0 Å². The van der Waals surface area contributed by atoms with Crippen LogP contribution in [0.2, 0.25) is 5.02 Å². The minimum absolute atomic E-state index is 0.0623. The van der Waals surface area contributed by atoms with Crippen LogP contribution in [0.1, 0.15) is 41.6 Å². The molecule has 2 saturated heterocycles. The number of rotatable bonds is 4. The molecule has 0 radical (unpaired) electrons. The van der Waals surface area contributed by atoms with E-state index < -0.39 is 70.4 Å². The van der Waals surface area contributed by atoms with Gasteiger partial charge in [-0.25, -0.2) is 14.1 Å². The average molecular weight is 708 g/mol. The van der Waals surface area contributed by atoms with Crippen molar-refractivity contribution in [2.45, 2.75) is 25.7 Å². The van der Waals surface area contributed by atoms with Gasteiger partial charge in [-0.2, -0.15) is 0 Å². The molecule has 0 spiro atoms. The van der Waals surface area contributed by atoms with Gasteiger partial charge in [0.15, 0.2) is 0 Å². The highest BCUT2D eigenvalue weighted by atomic mass is 79.9. The first-order valence-corrected chi connectivity index (χ1v) is 15.7. The summed E-state index contributed by atoms with van der Waals surface area (Å²) in [7, 11) is 0. The summed E-state index contributed by atoms with van der Waals surface area (Å²) in [6.07, 6.45) is 2.07. The van der Waals surface area contributed by atoms with E-state index in [0.29, 0.717) is 15.6 Å². The Morgan fingerprint density at radius 3 is 2.41 bits per heavy atom. The van der Waals surface area contributed by atoms with Crippen molar-refractivity contribution in [1.29, 1.82) is 0 Å². The van der Waals surface area contributed by atoms with Crippen LogP contribution in [0.25, 0.3) is 0 Å². The lowest BCUT2D eigenvalue weighted by atomic mass is 9.51. The number of carboxylic acids is 1. The van der Waals surface area contributed by atoms with Crippen molar-refractivity contribution in [3.05, 3.63) is 98.8 Å². The maximum absolute atomic E-state index is 14.5. The van der Waals surface area contributed by atoms with E-state index in [-0.39, 0.29) is 40.6 Å². The quantitative estimate of drug-likeness (QED) is 0.248. The molecule has 3 aromatic carbocycles. The molecule has 2 aliphatic carbocycles. The highest BCUT2D eigenvalue weighted by molar-refractivity contribution is 9.10. The molecule has 2 aliphatic heterocycles. The van der Waals surface area contributed by atoms with Crippen molar-refractivity contribution in [3.8, 4) is 5.75 Å². The Morgan fingerprint density at radius 2 is 1.70 bits per heavy atom. The summed E-state index contributed by atoms with van der Waals surface area (Å²) >= 11 is 9.49. The Labute approximate surface area is 275 Å². The number of aromatic carboxylic acids is 1. The number of halogens is 3. The van der Waals surface area contributed by atoms with Crippen LogP contribution in [0.15, 0.2) is 76.8 Å². The smallest absolute Gasteiger partial charge is 0.335 e. The second-order valence-electron chi connectivity index (χ2n) is 12.3. The van der Waals surface area contributed by atoms with Crippen molar-refractivity contribution in [1.82, 2.24) is 0 Å². The van der Waals surface area contributed by atoms with Crippen LogP contribution in [-0.4, -0.2) is 39.8 Å². The predicted molar refractivity (Wildman–Crippen MR) is 168 cm³/mol. The van der Waals surface area contributed by atoms with Gasteiger partial charge in [0.25, 0.3) is 0 Å². The van der Waals surface area contributed by atoms with E-state index in [9.17, 15) is 38.6 Å². The molecule has 9 nitrogen and oxygen atoms in total. The van der Waals surface area contributed by atoms with Crippen LogP contribution in [0.5, 0.6) is 5.75 Å². The molecule has 0 aromatic heterocycles. The zero-order chi connectivity index (χ0) is 32.8. The number of nitrogens with zero attached hydrogens (tertiary/aromatic N) is 2. The molecular formula is C34H25BrClFN2O7. The topological polar surface area (TPSA) is 132 Å². The normalized spacial score (nSPS) is 28.6. The summed E-state index contributed by atoms with van der Waals surface area (Å²) in [5, 5.41) is 20.4. The van der Waals surface area contributed by atoms with Crippen molar-refractivity contribution >= 4 is 68.5 Å². The van der Waals surface area contributed by atoms with Crippen LogP contribution in [0.3, 0.4) is 0 Å². The molecule has 0 bridgehead atoms. The number of hydrogen-bond acceptors (Lipinski definition) is 6. The van der Waals surface area contributed by atoms with Gasteiger partial charge in [-0.3, -0.25) is 24.1 Å². The molecule has 1 saturated carbocycles. The molecule has 3 aromatic rings. The summed E-state index contributed by atoms with van der Waals surface area (Å²) in [6.45, 7) is 1.67. The van der Waals surface area contributed by atoms with Crippen molar-refractivity contribution in [3.63, 3.8) is 0 Å². The Morgan fingerprint density at radius 1 is 0.957 bits per heavy atom. The molecule has 2 N–H and O–H groups in total. The van der Waals surface area contributed by atoms with E-state index in [1.54, 1.807) is 19.1 Å². The average Bonchev–Trinajstić information content (AvgIpc) is 3.39. The second kappa shape index (κ2) is 10.6. The van der Waals surface area contributed by atoms with Gasteiger partial charge >= 0.3 is 5.97 Å². The first kappa shape index (κ1) is 30.3. The number of fused-ring (bicyclic) bond motifs is 4. The van der Waals surface area contributed by atoms with Crippen LogP contribution < -0.4 is 9.80 Å². The molecule has 12 heteroatoms. The monoisotopic (exact) mass is 706 g/mol. The number of carboxylic acid groups (broad SMARTS) is 1. The lowest BCUT2D eigenvalue weighted by Gasteiger charge is -2.49. The Bertz CT molecular complexity index is 1950. The Balaban J connectivity index is 1.37. The number of phenols is 1. The number of allylic oxidation sites excluding steroid dienone is 2. The third-order valence-corrected chi connectivity index (χ3v) is 10.9. The molecule has 46 heavy (non-hydrogen) atoms. The highest BCUT2D eigenvalue weighted by Gasteiger charge is 2.68. The van der Waals surface area contributed by atoms with Crippen molar-refractivity contribution in [2.75, 3.05) is 9.80 Å². The Kier molecular flexibility index (Phi) is 6.98. The van der Waals surface area contributed by atoms with Gasteiger partial charge < -0.3 is 10.2 Å². The maximum Gasteiger partial charge on any atom is 0.335 e. The molecular weight excluding hydrogens is 683 g/mol. The largest absolute Gasteiger partial charge is 0.508 e. The fourth-order valence-corrected chi connectivity index (χ4v) is 8.57. The van der Waals surface area contributed by atoms with Gasteiger partial charge in [0.2, 0.25) is 23.6 Å². The third-order valence-electron chi connectivity index (χ3n) is 10.1. The lowest BCUT2D eigenvalue weighted by Crippen LogP contribution is -2.48. The summed E-state index contributed by atoms with van der Waals surface area (Å²) in [4.78, 5) is 70.3. The summed E-state index contributed by atoms with van der Waals surface area (Å²) in [6, 6.07) is 14.0. The first-order chi connectivity index (χ1) is 21.8. The zero-order valence-corrected chi connectivity index (χ0v) is 26.5. The van der Waals surface area contributed by atoms with Gasteiger partial charge in [-0.15, -0.1) is 0 Å². The molecule has 4 aliphatic rings. The fraction of sp³-hybridized carbons (Fsp3) is 0.265. The second-order valence-corrected chi connectivity index (χ2v) is 13.7. The van der Waals surface area contributed by atoms with E-state index in [1.165, 1.54) is 42.5 Å². The number of hydrogen-bond donors (Lipinski definition) is 2. The minimum atomic E-state index is -1.42. The molecule has 6 atom stereocenters. The molecule has 3 fully saturated rings. The molecule has 7 rings (SSSR count). The van der Waals surface area contributed by atoms with E-state index in [1.807, 2.05) is 6.08 Å². The number of phenolic OH excluding ortho intramolecular Hbond substituents is 1. The lowest BCUT2D eigenvalue weighted by molar-refractivity contribution is -0.131. The van der Waals surface area contributed by atoms with E-state index in [0.717, 1.165) is 15.9 Å². The number of amides is 4. The number of aromatic hydroxyl groups is 1. The number of imide groups is 2. The van der Waals surface area contributed by atoms with Gasteiger partial charge in [-0.05, 0) is 80.3 Å². The number of carbonyl (C=O) groups is 5. The van der Waals surface area contributed by atoms with Crippen LogP contribution >= 0.6 is 27.5 Å². The van der Waals surface area contributed by atoms with E-state index in [4.69, 9.17) is 11.6 Å². The minimum Gasteiger partial charge on any atom is -0.508 e. The third kappa shape index (κ3) is 4.21. The number of benzene rings is 3. The standard InChI is InChI=1S/C34H25BrClFN2O7/c1-34-23(30(42)39(33(34)46)18-6-9-25(37)24(36)13-18)14-21-19(28(34)22-12-16(35)5-10-26(22)40)7-8-20-27(21)31(43)38(29(20)41)17-4-2-3-15(11-17)32(44)45/h2-7,9-13,20-21,23,27-28,40H,8,14H2,1H3,(H,44,45). The molecule has 234 valence electrons. The van der Waals surface area contributed by atoms with Gasteiger partial charge in [0.1, 0.15) is 11.6 Å². The predicted octanol–water partition coefficient (Wildman–Crippen LogP) is 6.08. The first-order valence-electron chi connectivity index (χ1n) is 14.6. The van der Waals surface area contributed by atoms with Crippen LogP contribution in [-0.2, 0) is 19.2 Å². The van der Waals surface area contributed by atoms with E-state index >= 15 is 0 Å². The van der Waals surface area contributed by atoms with Crippen LogP contribution in [0.4, 0.5) is 15.8 Å². The number of carbonyl (C=O) groups excluding carboxylic acids is 4. The summed E-state index contributed by atoms with van der Waals surface area (Å²) in [5.74, 6) is -8.28. The molecule has 2 heterocycles. The molecule has 6 unspecified atom stereocenters. The fourth-order valence-electron chi connectivity index (χ4n) is 8.02. The van der Waals surface area contributed by atoms with Crippen molar-refractivity contribution < 1.29 is 38.6 Å². The van der Waals surface area contributed by atoms with Crippen molar-refractivity contribution in [2.24, 2.45) is 29.1 Å². The summed E-state index contributed by atoms with van der Waals surface area (Å²) in [5.41, 5.74) is -0.233. The molecule has 4 amide bonds. The Hall–Kier alpha value is -4.35. The highest BCUT2D eigenvalue weighted by Crippen LogP contribution is 2.64. The van der Waals surface area contributed by atoms with Gasteiger partial charge in [0.05, 0.1) is 45.1 Å². The van der Waals surface area contributed by atoms with Gasteiger partial charge in [-0.1, -0.05) is 45.2 Å². The zero-order valence-electron chi connectivity index (χ0n) is 24.1. The SMILES string of the molecule is CC12C(=O)N(c3ccc(F)c(Cl)c3)C(=O)C1CC1C(=CCC3C(=O)N(c4cccc(C(=O)O)c4)C(=O)C31)C2c1cc(Br)ccc1O. The summed E-state index contributed by atoms with van der Waals surface area (Å²) < 4.78 is 14.7. The van der Waals surface area contributed by atoms with E-state index in [2.05, 4.69) is 15.9 Å². The van der Waals surface area contributed by atoms with Crippen LogP contribution in [0, 0.1) is 34.9 Å². The maximum atomic E-state index is 14.5.